The number of carbonyl (C=O) groups is 10. The lowest BCUT2D eigenvalue weighted by molar-refractivity contribution is -0.134. The first-order valence-corrected chi connectivity index (χ1v) is 46.1. The van der Waals surface area contributed by atoms with E-state index in [0.29, 0.717) is 127 Å². The Bertz CT molecular complexity index is 6060. The number of nitriles is 1. The summed E-state index contributed by atoms with van der Waals surface area (Å²) in [5.41, 5.74) is 10.4. The minimum Gasteiger partial charge on any atom is -0.372 e. The number of hydrogen-bond donors (Lipinski definition) is 1. The van der Waals surface area contributed by atoms with E-state index in [4.69, 9.17) is 21.6 Å². The number of carbonyl (C=O) groups excluding carboxylic acids is 10. The van der Waals surface area contributed by atoms with Crippen molar-refractivity contribution in [2.75, 3.05) is 90.0 Å². The van der Waals surface area contributed by atoms with Crippen LogP contribution in [0.1, 0.15) is 109 Å². The molecule has 0 spiro atoms. The van der Waals surface area contributed by atoms with E-state index >= 15 is 0 Å². The SMILES string of the molecule is C=CC(=O)N1CC(CC(=O)Cn2c(C)c(C(=O)N3C(C)CN(c4ccc(Br)cn4)CC3C)c3cc(Br)ccc32)C1.C=CC(=O)N1CC(CC(=O)Cn2c(C3CC3)c(C(=O)N3CCOC(C)(C)C3)c3cc(Cl)cc(C)c32)C1.C=CC(=O)N1CC(CC(=O)Cn2cc(CC#N)c3cc(Br)ccc32)C1.C=CC(=O)N1CC(NC(=O)Cn2c(-c3ccccc3)cc3ccccc32)C1. The maximum absolute atomic E-state index is 14.2. The van der Waals surface area contributed by atoms with Gasteiger partial charge in [0.15, 0.2) is 17.3 Å². The van der Waals surface area contributed by atoms with Crippen LogP contribution in [0.2, 0.25) is 5.02 Å². The predicted octanol–water partition coefficient (Wildman–Crippen LogP) is 15.4. The van der Waals surface area contributed by atoms with Crippen LogP contribution in [0.15, 0.2) is 198 Å². The van der Waals surface area contributed by atoms with Crippen LogP contribution in [0.5, 0.6) is 0 Å². The monoisotopic (exact) mass is 1940 g/mol. The highest BCUT2D eigenvalue weighted by Gasteiger charge is 2.42. The van der Waals surface area contributed by atoms with Crippen molar-refractivity contribution in [1.82, 2.24) is 58.0 Å². The van der Waals surface area contributed by atoms with E-state index in [2.05, 4.69) is 126 Å². The lowest BCUT2D eigenvalue weighted by Gasteiger charge is -2.45. The average molecular weight is 1940 g/mol. The Morgan fingerprint density at radius 1 is 0.570 bits per heavy atom. The van der Waals surface area contributed by atoms with Crippen LogP contribution in [0.3, 0.4) is 0 Å². The molecule has 6 saturated heterocycles. The largest absolute Gasteiger partial charge is 0.372 e. The van der Waals surface area contributed by atoms with Gasteiger partial charge in [-0.25, -0.2) is 4.98 Å². The normalized spacial score (nSPS) is 17.4. The summed E-state index contributed by atoms with van der Waals surface area (Å²) < 4.78 is 16.6. The van der Waals surface area contributed by atoms with Gasteiger partial charge in [0.25, 0.3) is 11.8 Å². The second-order valence-corrected chi connectivity index (χ2v) is 38.3. The van der Waals surface area contributed by atoms with E-state index in [0.717, 1.165) is 109 Å². The second kappa shape index (κ2) is 40.1. The molecule has 7 aliphatic rings. The number of benzene rings is 5. The number of piperazine rings is 1. The number of rotatable bonds is 25. The number of pyridine rings is 1. The van der Waals surface area contributed by atoms with Gasteiger partial charge in [-0.15, -0.1) is 0 Å². The summed E-state index contributed by atoms with van der Waals surface area (Å²) in [5.74, 6) is 1.62. The Kier molecular flexibility index (Phi) is 29.1. The molecule has 1 saturated carbocycles. The van der Waals surface area contributed by atoms with Gasteiger partial charge in [0, 0.05) is 220 Å². The van der Waals surface area contributed by atoms with Gasteiger partial charge >= 0.3 is 0 Å². The quantitative estimate of drug-likeness (QED) is 0.0521. The number of hydrogen-bond acceptors (Lipinski definition) is 14. The number of aryl methyl sites for hydroxylation is 1. The zero-order valence-electron chi connectivity index (χ0n) is 73.0. The van der Waals surface area contributed by atoms with E-state index in [-0.39, 0.29) is 127 Å². The number of ether oxygens (including phenoxy) is 1. The van der Waals surface area contributed by atoms with E-state index < -0.39 is 5.60 Å². The number of morpholine rings is 1. The molecule has 1 N–H and O–H groups in total. The van der Waals surface area contributed by atoms with Crippen molar-refractivity contribution in [3.63, 3.8) is 0 Å². The van der Waals surface area contributed by atoms with Crippen LogP contribution in [0, 0.1) is 42.9 Å². The van der Waals surface area contributed by atoms with Crippen molar-refractivity contribution in [1.29, 1.82) is 5.26 Å². The third-order valence-electron chi connectivity index (χ3n) is 24.9. The molecule has 17 rings (SSSR count). The number of aromatic nitrogens is 5. The van der Waals surface area contributed by atoms with Gasteiger partial charge in [-0.3, -0.25) is 47.9 Å². The van der Waals surface area contributed by atoms with Gasteiger partial charge < -0.3 is 62.6 Å². The van der Waals surface area contributed by atoms with Gasteiger partial charge in [-0.1, -0.05) is 118 Å². The number of nitrogens with zero attached hydrogens (tertiary/aromatic N) is 13. The first-order chi connectivity index (χ1) is 61.3. The average Bonchev–Trinajstić information content (AvgIpc) is 1.60. The van der Waals surface area contributed by atoms with Crippen LogP contribution < -0.4 is 10.2 Å². The molecular weight excluding hydrogens is 1840 g/mol. The molecule has 5 aromatic heterocycles. The van der Waals surface area contributed by atoms with Crippen molar-refractivity contribution in [2.45, 2.75) is 136 Å². The molecule has 0 bridgehead atoms. The zero-order valence-corrected chi connectivity index (χ0v) is 78.5. The van der Waals surface area contributed by atoms with Gasteiger partial charge in [-0.2, -0.15) is 5.26 Å². The van der Waals surface area contributed by atoms with Crippen LogP contribution in [-0.4, -0.2) is 220 Å². The van der Waals surface area contributed by atoms with Gasteiger partial charge in [-0.05, 0) is 184 Å². The fourth-order valence-corrected chi connectivity index (χ4v) is 19.9. The minimum absolute atomic E-state index is 0.00315. The smallest absolute Gasteiger partial charge is 0.256 e. The number of anilines is 1. The number of Topliss-reactive ketones (excluding diaryl/α,β-unsaturated/α-hetero) is 3. The van der Waals surface area contributed by atoms with E-state index in [1.807, 2.05) is 167 Å². The van der Waals surface area contributed by atoms with Crippen molar-refractivity contribution < 1.29 is 52.7 Å². The van der Waals surface area contributed by atoms with Crippen LogP contribution in [0.25, 0.3) is 54.9 Å². The third kappa shape index (κ3) is 21.0. The van der Waals surface area contributed by atoms with Gasteiger partial charge in [0.2, 0.25) is 29.5 Å². The van der Waals surface area contributed by atoms with Gasteiger partial charge in [0.05, 0.1) is 67.0 Å². The van der Waals surface area contributed by atoms with Crippen molar-refractivity contribution in [3.8, 4) is 17.3 Å². The highest BCUT2D eigenvalue weighted by atomic mass is 79.9. The molecule has 2 unspecified atom stereocenters. The number of ketones is 3. The Morgan fingerprint density at radius 2 is 1.11 bits per heavy atom. The molecule has 11 heterocycles. The minimum atomic E-state index is -0.404. The fraction of sp³-hybridized carbons (Fsp3) is 0.374. The second-order valence-electron chi connectivity index (χ2n) is 35.1. The first kappa shape index (κ1) is 92.8. The number of amides is 7. The zero-order chi connectivity index (χ0) is 91.3. The van der Waals surface area contributed by atoms with Crippen LogP contribution >= 0.6 is 59.4 Å². The first-order valence-electron chi connectivity index (χ1n) is 43.3. The highest BCUT2D eigenvalue weighted by molar-refractivity contribution is 9.11. The van der Waals surface area contributed by atoms with E-state index in [1.54, 1.807) is 25.8 Å². The predicted molar refractivity (Wildman–Crippen MR) is 508 cm³/mol. The van der Waals surface area contributed by atoms with Crippen molar-refractivity contribution in [2.24, 2.45) is 17.8 Å². The molecule has 7 amide bonds. The third-order valence-corrected chi connectivity index (χ3v) is 26.6. The molecule has 7 fully saturated rings. The maximum Gasteiger partial charge on any atom is 0.256 e. The van der Waals surface area contributed by atoms with Crippen LogP contribution in [0.4, 0.5) is 5.82 Å². The van der Waals surface area contributed by atoms with Crippen LogP contribution in [-0.2, 0) is 75.7 Å². The highest BCUT2D eigenvalue weighted by Crippen LogP contribution is 2.47. The Balaban J connectivity index is 0.000000140. The molecule has 1 aliphatic carbocycles. The number of fused-ring (bicyclic) bond motifs is 4. The van der Waals surface area contributed by atoms with Crippen molar-refractivity contribution in [3.05, 3.63) is 236 Å². The summed E-state index contributed by atoms with van der Waals surface area (Å²) >= 11 is 17.0. The summed E-state index contributed by atoms with van der Waals surface area (Å²) in [6, 6.07) is 41.9. The Morgan fingerprint density at radius 3 is 1.66 bits per heavy atom. The molecule has 6 aliphatic heterocycles. The standard InChI is InChI=1S/C30H33Br2N5O3.C28H34ClN3O4.C22H21N3O2.C19H18BrN3O2/c1-5-28(39)35-15-21(16-35)10-24(38)17-36-20(4)29(25-11-22(31)6-8-26(25)36)30(40)37-18(2)13-34(14-19(37)3)27-9-7-23(32)12-33-27;1-5-23(34)31-13-18(14-31)11-21(33)15-32-25-17(2)10-20(29)12-22(25)24(26(32)19-6-7-19)27(35)30-8-9-36-28(3,4)16-30;1-2-22(27)24-13-18(14-24)23-21(26)15-25-19-11-7-6-10-17(19)12-20(25)16-8-4-3-5-9-16;1-2-19(25)23-9-13(10-23)7-16(24)12-22-11-14(5-6-21)17-8-15(20)3-4-18(17)22/h5-9,11-12,18-19,21H,1,10,13-17H2,2-4H3;5,10,12,18-19H,1,6-9,11,13-16H2,2-4H3;2-12,18H,1,13-15H2,(H,23,26);2-4,8,11,13H,1,5,7,9-10,12H2. The number of likely N-dealkylation sites (tertiary alicyclic amines) is 4. The molecule has 0 radical (unpaired) electrons. The molecule has 128 heavy (non-hydrogen) atoms. The summed E-state index contributed by atoms with van der Waals surface area (Å²) in [7, 11) is 0. The summed E-state index contributed by atoms with van der Waals surface area (Å²) in [5, 5.41) is 16.4. The van der Waals surface area contributed by atoms with Gasteiger partial charge in [0.1, 0.15) is 12.4 Å². The lowest BCUT2D eigenvalue weighted by Crippen LogP contribution is -2.61. The molecule has 5 aromatic carbocycles. The molecule has 2 atom stereocenters. The summed E-state index contributed by atoms with van der Waals surface area (Å²) in [6.07, 6.45) is 12.5. The van der Waals surface area contributed by atoms with E-state index in [9.17, 15) is 47.9 Å². The van der Waals surface area contributed by atoms with E-state index in [1.165, 1.54) is 24.3 Å². The number of nitrogens with one attached hydrogen (secondary N) is 1. The summed E-state index contributed by atoms with van der Waals surface area (Å²) in [4.78, 5) is 144. The Hall–Kier alpha value is -11.4. The lowest BCUT2D eigenvalue weighted by atomic mass is 9.94. The topological polar surface area (TPSA) is 271 Å². The fourth-order valence-electron chi connectivity index (χ4n) is 18.7. The van der Waals surface area contributed by atoms with Crippen molar-refractivity contribution >= 4 is 168 Å². The molecule has 10 aromatic rings. The number of para-hydroxylation sites is 1. The maximum atomic E-state index is 14.2. The summed E-state index contributed by atoms with van der Waals surface area (Å²) in [6.45, 7) is 34.6. The molecular formula is C99H106Br3ClN14O11. The Labute approximate surface area is 775 Å². The number of halogens is 4. The molecule has 29 heteroatoms. The molecule has 666 valence electrons. The molecule has 25 nitrogen and oxygen atoms in total.